The molecule has 1 amide bonds. The molecule has 0 bridgehead atoms. The summed E-state index contributed by atoms with van der Waals surface area (Å²) in [5.41, 5.74) is 5.16. The molecule has 12 heteroatoms. The van der Waals surface area contributed by atoms with Crippen LogP contribution in [0.5, 0.6) is 0 Å². The first-order valence-corrected chi connectivity index (χ1v) is 9.19. The fraction of sp³-hybridized carbons (Fsp3) is 0.500. The van der Waals surface area contributed by atoms with Crippen LogP contribution in [0.2, 0.25) is 0 Å². The summed E-state index contributed by atoms with van der Waals surface area (Å²) in [6, 6.07) is 4.72. The highest BCUT2D eigenvalue weighted by Gasteiger charge is 2.29. The van der Waals surface area contributed by atoms with E-state index in [4.69, 9.17) is 10.5 Å². The van der Waals surface area contributed by atoms with Gasteiger partial charge in [0.25, 0.3) is 5.69 Å². The van der Waals surface area contributed by atoms with Crippen molar-refractivity contribution in [2.24, 2.45) is 5.73 Å². The average Bonchev–Trinajstić information content (AvgIpc) is 3.08. The van der Waals surface area contributed by atoms with E-state index >= 15 is 0 Å². The second-order valence-corrected chi connectivity index (χ2v) is 7.27. The van der Waals surface area contributed by atoms with Gasteiger partial charge in [-0.2, -0.15) is 0 Å². The molecule has 0 aromatic heterocycles. The van der Waals surface area contributed by atoms with E-state index in [1.165, 1.54) is 18.2 Å². The normalized spacial score (nSPS) is 19.6. The molecular formula is C14H21ClN4O6S. The van der Waals surface area contributed by atoms with Gasteiger partial charge in [-0.05, 0) is 18.9 Å². The summed E-state index contributed by atoms with van der Waals surface area (Å²) in [7, 11) is -3.90. The molecule has 1 aliphatic rings. The third kappa shape index (κ3) is 5.88. The largest absolute Gasteiger partial charge is 0.364 e. The van der Waals surface area contributed by atoms with Crippen molar-refractivity contribution in [2.75, 3.05) is 19.6 Å². The topological polar surface area (TPSA) is 154 Å². The van der Waals surface area contributed by atoms with Gasteiger partial charge in [0, 0.05) is 31.8 Å². The third-order valence-corrected chi connectivity index (χ3v) is 5.18. The zero-order valence-corrected chi connectivity index (χ0v) is 15.4. The standard InChI is InChI=1S/C14H20N4O6S.ClH/c15-9-11-4-5-13(24-11)14(19)16-6-7-17-25(22,23)12-3-1-2-10(8-12)18(20)21;/h1-3,8,11,13,17H,4-7,9,15H2,(H,16,19);1H/t11-,13+;/m1./s1. The number of halogens is 1. The molecule has 0 radical (unpaired) electrons. The minimum atomic E-state index is -3.90. The number of nitro benzene ring substituents is 1. The Morgan fingerprint density at radius 3 is 2.69 bits per heavy atom. The quantitative estimate of drug-likeness (QED) is 0.308. The third-order valence-electron chi connectivity index (χ3n) is 3.72. The molecule has 10 nitrogen and oxygen atoms in total. The van der Waals surface area contributed by atoms with Gasteiger partial charge >= 0.3 is 0 Å². The highest BCUT2D eigenvalue weighted by Crippen LogP contribution is 2.19. The Kier molecular flexibility index (Phi) is 8.37. The molecule has 4 N–H and O–H groups in total. The first-order valence-electron chi connectivity index (χ1n) is 7.71. The van der Waals surface area contributed by atoms with Gasteiger partial charge in [-0.15, -0.1) is 12.4 Å². The molecule has 1 heterocycles. The van der Waals surface area contributed by atoms with Crippen LogP contribution < -0.4 is 15.8 Å². The number of non-ortho nitro benzene ring substituents is 1. The molecule has 1 aliphatic heterocycles. The molecular weight excluding hydrogens is 388 g/mol. The lowest BCUT2D eigenvalue weighted by atomic mass is 10.2. The van der Waals surface area contributed by atoms with Crippen molar-refractivity contribution in [1.29, 1.82) is 0 Å². The highest BCUT2D eigenvalue weighted by molar-refractivity contribution is 7.89. The number of nitrogens with zero attached hydrogens (tertiary/aromatic N) is 1. The zero-order chi connectivity index (χ0) is 18.4. The number of amides is 1. The molecule has 1 aromatic carbocycles. The van der Waals surface area contributed by atoms with E-state index < -0.39 is 21.1 Å². The molecule has 1 saturated heterocycles. The zero-order valence-electron chi connectivity index (χ0n) is 13.8. The van der Waals surface area contributed by atoms with Crippen molar-refractivity contribution < 1.29 is 22.9 Å². The van der Waals surface area contributed by atoms with E-state index in [1.807, 2.05) is 0 Å². The SMILES string of the molecule is Cl.NC[C@H]1CC[C@@H](C(=O)NCCNS(=O)(=O)c2cccc([N+](=O)[O-])c2)O1. The molecule has 26 heavy (non-hydrogen) atoms. The van der Waals surface area contributed by atoms with Gasteiger partial charge in [0.1, 0.15) is 6.10 Å². The predicted molar refractivity (Wildman–Crippen MR) is 95.5 cm³/mol. The van der Waals surface area contributed by atoms with E-state index in [9.17, 15) is 23.3 Å². The number of ether oxygens (including phenoxy) is 1. The van der Waals surface area contributed by atoms with E-state index in [-0.39, 0.29) is 48.1 Å². The Balaban J connectivity index is 0.00000338. The molecule has 146 valence electrons. The number of nitrogens with two attached hydrogens (primary N) is 1. The van der Waals surface area contributed by atoms with Crippen LogP contribution in [0.3, 0.4) is 0 Å². The lowest BCUT2D eigenvalue weighted by Gasteiger charge is -2.13. The van der Waals surface area contributed by atoms with Crippen molar-refractivity contribution in [3.8, 4) is 0 Å². The Morgan fingerprint density at radius 2 is 2.08 bits per heavy atom. The number of sulfonamides is 1. The highest BCUT2D eigenvalue weighted by atomic mass is 35.5. The Hall–Kier alpha value is -1.79. The summed E-state index contributed by atoms with van der Waals surface area (Å²) in [5.74, 6) is -0.314. The molecule has 0 saturated carbocycles. The molecule has 0 aliphatic carbocycles. The first kappa shape index (κ1) is 22.3. The van der Waals surface area contributed by atoms with E-state index in [2.05, 4.69) is 10.0 Å². The van der Waals surface area contributed by atoms with Crippen molar-refractivity contribution in [3.05, 3.63) is 34.4 Å². The van der Waals surface area contributed by atoms with Crippen LogP contribution in [0, 0.1) is 10.1 Å². The maximum atomic E-state index is 12.1. The van der Waals surface area contributed by atoms with Gasteiger partial charge in [-0.25, -0.2) is 13.1 Å². The van der Waals surface area contributed by atoms with E-state index in [0.29, 0.717) is 19.4 Å². The smallest absolute Gasteiger partial charge is 0.270 e. The fourth-order valence-electron chi connectivity index (χ4n) is 2.40. The van der Waals surface area contributed by atoms with Crippen molar-refractivity contribution in [3.63, 3.8) is 0 Å². The van der Waals surface area contributed by atoms with E-state index in [1.54, 1.807) is 0 Å². The monoisotopic (exact) mass is 408 g/mol. The number of nitro groups is 1. The van der Waals surface area contributed by atoms with Gasteiger partial charge in [0.15, 0.2) is 0 Å². The van der Waals surface area contributed by atoms with Gasteiger partial charge in [-0.1, -0.05) is 6.07 Å². The van der Waals surface area contributed by atoms with Crippen LogP contribution in [0.4, 0.5) is 5.69 Å². The summed E-state index contributed by atoms with van der Waals surface area (Å²) in [6.45, 7) is 0.372. The van der Waals surface area contributed by atoms with Crippen molar-refractivity contribution in [1.82, 2.24) is 10.0 Å². The maximum Gasteiger partial charge on any atom is 0.270 e. The van der Waals surface area contributed by atoms with Gasteiger partial charge in [0.05, 0.1) is 15.9 Å². The first-order chi connectivity index (χ1) is 11.8. The molecule has 2 atom stereocenters. The minimum absolute atomic E-state index is 0. The summed E-state index contributed by atoms with van der Waals surface area (Å²) >= 11 is 0. The number of hydrogen-bond acceptors (Lipinski definition) is 7. The lowest BCUT2D eigenvalue weighted by Crippen LogP contribution is -2.40. The van der Waals surface area contributed by atoms with Gasteiger partial charge in [0.2, 0.25) is 15.9 Å². The van der Waals surface area contributed by atoms with Crippen LogP contribution in [0.1, 0.15) is 12.8 Å². The number of carbonyl (C=O) groups is 1. The molecule has 0 spiro atoms. The van der Waals surface area contributed by atoms with Gasteiger partial charge in [-0.3, -0.25) is 14.9 Å². The average molecular weight is 409 g/mol. The molecule has 2 rings (SSSR count). The Labute approximate surface area is 157 Å². The second kappa shape index (κ2) is 9.78. The summed E-state index contributed by atoms with van der Waals surface area (Å²) in [4.78, 5) is 21.7. The maximum absolute atomic E-state index is 12.1. The van der Waals surface area contributed by atoms with Crippen LogP contribution in [-0.2, 0) is 19.6 Å². The molecule has 0 unspecified atom stereocenters. The number of rotatable bonds is 8. The van der Waals surface area contributed by atoms with Crippen molar-refractivity contribution >= 4 is 34.0 Å². The number of carbonyl (C=O) groups excluding carboxylic acids is 1. The van der Waals surface area contributed by atoms with Crippen LogP contribution in [0.15, 0.2) is 29.2 Å². The van der Waals surface area contributed by atoms with Gasteiger partial charge < -0.3 is 15.8 Å². The van der Waals surface area contributed by atoms with E-state index in [0.717, 1.165) is 6.07 Å². The molecule has 1 aromatic rings. The van der Waals surface area contributed by atoms with Crippen LogP contribution in [-0.4, -0.2) is 51.1 Å². The number of hydrogen-bond donors (Lipinski definition) is 3. The number of benzene rings is 1. The Bertz CT molecular complexity index is 745. The van der Waals surface area contributed by atoms with Crippen LogP contribution >= 0.6 is 12.4 Å². The van der Waals surface area contributed by atoms with Crippen LogP contribution in [0.25, 0.3) is 0 Å². The summed E-state index contributed by atoms with van der Waals surface area (Å²) in [5, 5.41) is 13.3. The lowest BCUT2D eigenvalue weighted by molar-refractivity contribution is -0.385. The fourth-order valence-corrected chi connectivity index (χ4v) is 3.48. The summed E-state index contributed by atoms with van der Waals surface area (Å²) in [6.07, 6.45) is 0.603. The second-order valence-electron chi connectivity index (χ2n) is 5.50. The number of nitrogens with one attached hydrogen (secondary N) is 2. The molecule has 1 fully saturated rings. The summed E-state index contributed by atoms with van der Waals surface area (Å²) < 4.78 is 31.9. The Morgan fingerprint density at radius 1 is 1.35 bits per heavy atom. The van der Waals surface area contributed by atoms with Crippen molar-refractivity contribution in [2.45, 2.75) is 29.9 Å². The minimum Gasteiger partial charge on any atom is -0.364 e. The predicted octanol–water partition coefficient (Wildman–Crippen LogP) is -0.0826.